The molecule has 0 saturated heterocycles. The highest BCUT2D eigenvalue weighted by atomic mass is 16.5. The predicted molar refractivity (Wildman–Crippen MR) is 123 cm³/mol. The van der Waals surface area contributed by atoms with Crippen molar-refractivity contribution in [1.82, 2.24) is 9.97 Å². The molecule has 0 aliphatic rings. The molecule has 0 spiro atoms. The van der Waals surface area contributed by atoms with Crippen molar-refractivity contribution in [2.75, 3.05) is 0 Å². The van der Waals surface area contributed by atoms with Crippen LogP contribution in [0.5, 0.6) is 5.75 Å². The number of aryl methyl sites for hydroxylation is 3. The van der Waals surface area contributed by atoms with Crippen molar-refractivity contribution < 1.29 is 9.30 Å². The molecule has 0 unspecified atom stereocenters. The van der Waals surface area contributed by atoms with Gasteiger partial charge in [0.1, 0.15) is 24.7 Å². The highest BCUT2D eigenvalue weighted by Gasteiger charge is 2.15. The zero-order chi connectivity index (χ0) is 22.0. The summed E-state index contributed by atoms with van der Waals surface area (Å²) in [4.78, 5) is 20.2. The fraction of sp³-hybridized carbons (Fsp3) is 0.269. The Morgan fingerprint density at radius 2 is 1.74 bits per heavy atom. The van der Waals surface area contributed by atoms with Crippen molar-refractivity contribution in [1.29, 1.82) is 0 Å². The molecule has 0 amide bonds. The van der Waals surface area contributed by atoms with Crippen LogP contribution < -0.4 is 14.9 Å². The number of aromatic amines is 1. The van der Waals surface area contributed by atoms with Crippen LogP contribution in [-0.2, 0) is 13.2 Å². The highest BCUT2D eigenvalue weighted by molar-refractivity contribution is 5.80. The number of pyridine rings is 1. The molecule has 0 fully saturated rings. The number of ether oxygens (including phenoxy) is 1. The molecule has 0 aliphatic carbocycles. The Kier molecular flexibility index (Phi) is 5.85. The number of rotatable bonds is 6. The Labute approximate surface area is 182 Å². The minimum Gasteiger partial charge on any atom is -0.488 e. The molecule has 2 aromatic carbocycles. The largest absolute Gasteiger partial charge is 0.488 e. The zero-order valence-electron chi connectivity index (χ0n) is 18.5. The van der Waals surface area contributed by atoms with Gasteiger partial charge in [-0.3, -0.25) is 4.79 Å². The third-order valence-electron chi connectivity index (χ3n) is 5.48. The van der Waals surface area contributed by atoms with Gasteiger partial charge in [-0.25, -0.2) is 9.55 Å². The molecule has 31 heavy (non-hydrogen) atoms. The number of nitrogens with one attached hydrogen (secondary N) is 1. The van der Waals surface area contributed by atoms with Crippen LogP contribution in [0.4, 0.5) is 0 Å². The molecule has 0 aliphatic heterocycles. The van der Waals surface area contributed by atoms with Crippen LogP contribution in [0.3, 0.4) is 0 Å². The maximum absolute atomic E-state index is 12.6. The van der Waals surface area contributed by atoms with E-state index < -0.39 is 0 Å². The molecule has 4 rings (SSSR count). The second kappa shape index (κ2) is 8.72. The highest BCUT2D eigenvalue weighted by Crippen LogP contribution is 2.29. The predicted octanol–water partition coefficient (Wildman–Crippen LogP) is 4.79. The molecular formula is C26H28N3O2+. The number of benzene rings is 2. The van der Waals surface area contributed by atoms with Gasteiger partial charge in [-0.2, -0.15) is 0 Å². The SMILES string of the molecule is CCC[n+]1c(C)cc(COc2ccc(C)cc2-c2nc3ccccc3c(=O)[nH]2)cc1C. The van der Waals surface area contributed by atoms with E-state index in [1.807, 2.05) is 43.3 Å². The fourth-order valence-corrected chi connectivity index (χ4v) is 4.00. The first-order chi connectivity index (χ1) is 15.0. The molecule has 1 N–H and O–H groups in total. The van der Waals surface area contributed by atoms with Crippen molar-refractivity contribution >= 4 is 10.9 Å². The molecule has 158 valence electrons. The first kappa shape index (κ1) is 20.8. The minimum absolute atomic E-state index is 0.150. The first-order valence-corrected chi connectivity index (χ1v) is 10.7. The Morgan fingerprint density at radius 1 is 1.00 bits per heavy atom. The van der Waals surface area contributed by atoms with E-state index in [2.05, 4.69) is 47.4 Å². The number of hydrogen-bond acceptors (Lipinski definition) is 3. The number of fused-ring (bicyclic) bond motifs is 1. The van der Waals surface area contributed by atoms with Crippen LogP contribution in [0.2, 0.25) is 0 Å². The topological polar surface area (TPSA) is 58.9 Å². The van der Waals surface area contributed by atoms with Crippen molar-refractivity contribution in [3.8, 4) is 17.1 Å². The maximum atomic E-state index is 12.6. The monoisotopic (exact) mass is 414 g/mol. The summed E-state index contributed by atoms with van der Waals surface area (Å²) < 4.78 is 8.55. The zero-order valence-corrected chi connectivity index (χ0v) is 18.5. The lowest BCUT2D eigenvalue weighted by Gasteiger charge is -2.13. The maximum Gasteiger partial charge on any atom is 0.259 e. The number of hydrogen-bond donors (Lipinski definition) is 1. The standard InChI is InChI=1S/C26H27N3O2/c1-5-12-29-18(3)14-20(15-19(29)4)16-31-24-11-10-17(2)13-22(24)25-27-23-9-7-6-8-21(23)26(30)28-25/h6-11,13-15H,5,12,16H2,1-4H3/p+1. The van der Waals surface area contributed by atoms with Gasteiger partial charge in [-0.1, -0.05) is 30.7 Å². The first-order valence-electron chi connectivity index (χ1n) is 10.7. The average molecular weight is 415 g/mol. The molecule has 4 aromatic rings. The van der Waals surface area contributed by atoms with Gasteiger partial charge in [-0.05, 0) is 31.2 Å². The smallest absolute Gasteiger partial charge is 0.259 e. The van der Waals surface area contributed by atoms with E-state index in [0.717, 1.165) is 29.7 Å². The second-order valence-electron chi connectivity index (χ2n) is 8.02. The quantitative estimate of drug-likeness (QED) is 0.462. The third kappa shape index (κ3) is 4.36. The lowest BCUT2D eigenvalue weighted by molar-refractivity contribution is -0.708. The van der Waals surface area contributed by atoms with E-state index in [4.69, 9.17) is 4.74 Å². The summed E-state index contributed by atoms with van der Waals surface area (Å²) in [5.41, 5.74) is 5.95. The van der Waals surface area contributed by atoms with Crippen molar-refractivity contribution in [3.63, 3.8) is 0 Å². The van der Waals surface area contributed by atoms with Crippen molar-refractivity contribution in [2.45, 2.75) is 47.3 Å². The summed E-state index contributed by atoms with van der Waals surface area (Å²) in [5, 5.41) is 0.581. The number of aromatic nitrogens is 3. The Morgan fingerprint density at radius 3 is 2.48 bits per heavy atom. The van der Waals surface area contributed by atoms with Crippen LogP contribution in [0.25, 0.3) is 22.3 Å². The van der Waals surface area contributed by atoms with Gasteiger partial charge < -0.3 is 9.72 Å². The summed E-state index contributed by atoms with van der Waals surface area (Å²) in [6, 6.07) is 17.7. The minimum atomic E-state index is -0.150. The summed E-state index contributed by atoms with van der Waals surface area (Å²) in [5.74, 6) is 1.22. The number of nitrogens with zero attached hydrogens (tertiary/aromatic N) is 2. The molecule has 0 radical (unpaired) electrons. The lowest BCUT2D eigenvalue weighted by atomic mass is 10.1. The van der Waals surface area contributed by atoms with E-state index in [-0.39, 0.29) is 5.56 Å². The summed E-state index contributed by atoms with van der Waals surface area (Å²) in [6.45, 7) is 9.93. The van der Waals surface area contributed by atoms with E-state index in [0.29, 0.717) is 29.1 Å². The fourth-order valence-electron chi connectivity index (χ4n) is 4.00. The molecule has 0 saturated carbocycles. The van der Waals surface area contributed by atoms with Gasteiger partial charge in [0.05, 0.1) is 16.5 Å². The van der Waals surface area contributed by atoms with Gasteiger partial charge in [-0.15, -0.1) is 0 Å². The second-order valence-corrected chi connectivity index (χ2v) is 8.02. The Hall–Kier alpha value is -3.47. The molecule has 2 aromatic heterocycles. The summed E-state index contributed by atoms with van der Waals surface area (Å²) in [6.07, 6.45) is 1.10. The van der Waals surface area contributed by atoms with E-state index in [1.54, 1.807) is 6.07 Å². The van der Waals surface area contributed by atoms with Gasteiger partial charge in [0.2, 0.25) is 0 Å². The van der Waals surface area contributed by atoms with Gasteiger partial charge in [0, 0.05) is 38.0 Å². The Bertz CT molecular complexity index is 1280. The molecule has 0 atom stereocenters. The van der Waals surface area contributed by atoms with Crippen LogP contribution in [-0.4, -0.2) is 9.97 Å². The summed E-state index contributed by atoms with van der Waals surface area (Å²) in [7, 11) is 0. The van der Waals surface area contributed by atoms with Crippen LogP contribution in [0, 0.1) is 20.8 Å². The lowest BCUT2D eigenvalue weighted by Crippen LogP contribution is -2.40. The third-order valence-corrected chi connectivity index (χ3v) is 5.48. The van der Waals surface area contributed by atoms with E-state index in [1.165, 1.54) is 11.4 Å². The summed E-state index contributed by atoms with van der Waals surface area (Å²) >= 11 is 0. The van der Waals surface area contributed by atoms with E-state index >= 15 is 0 Å². The molecule has 0 bridgehead atoms. The van der Waals surface area contributed by atoms with Crippen LogP contribution in [0.1, 0.15) is 35.9 Å². The number of H-pyrrole nitrogens is 1. The number of para-hydroxylation sites is 1. The van der Waals surface area contributed by atoms with Crippen molar-refractivity contribution in [3.05, 3.63) is 87.5 Å². The van der Waals surface area contributed by atoms with Crippen LogP contribution >= 0.6 is 0 Å². The molecular weight excluding hydrogens is 386 g/mol. The normalized spacial score (nSPS) is 11.1. The van der Waals surface area contributed by atoms with Gasteiger partial charge in [0.25, 0.3) is 5.56 Å². The van der Waals surface area contributed by atoms with Crippen molar-refractivity contribution in [2.24, 2.45) is 0 Å². The molecule has 2 heterocycles. The average Bonchev–Trinajstić information content (AvgIpc) is 2.75. The molecule has 5 nitrogen and oxygen atoms in total. The Balaban J connectivity index is 1.68. The van der Waals surface area contributed by atoms with Gasteiger partial charge >= 0.3 is 0 Å². The van der Waals surface area contributed by atoms with E-state index in [9.17, 15) is 4.79 Å². The van der Waals surface area contributed by atoms with Crippen LogP contribution in [0.15, 0.2) is 59.4 Å². The molecule has 5 heteroatoms. The van der Waals surface area contributed by atoms with Gasteiger partial charge in [0.15, 0.2) is 11.4 Å².